The third-order valence-corrected chi connectivity index (χ3v) is 1.48. The molecule has 0 spiro atoms. The first-order valence-corrected chi connectivity index (χ1v) is 3.37. The summed E-state index contributed by atoms with van der Waals surface area (Å²) in [5, 5.41) is 8.41. The molecular weight excluding hydrogens is 203 g/mol. The number of hydrogen-bond donors (Lipinski definition) is 2. The van der Waals surface area contributed by atoms with Crippen molar-refractivity contribution >= 4 is 5.97 Å². The third-order valence-electron chi connectivity index (χ3n) is 1.48. The normalized spacial score (nSPS) is 10.6. The number of carbonyl (C=O) groups is 1. The summed E-state index contributed by atoms with van der Waals surface area (Å²) in [4.78, 5) is 22.4. The number of aromatic carboxylic acids is 1. The van der Waals surface area contributed by atoms with E-state index in [1.807, 2.05) is 0 Å². The van der Waals surface area contributed by atoms with E-state index in [0.29, 0.717) is 6.07 Å². The zero-order valence-electron chi connectivity index (χ0n) is 6.55. The Morgan fingerprint density at radius 3 is 2.50 bits per heavy atom. The van der Waals surface area contributed by atoms with E-state index in [1.165, 1.54) is 4.98 Å². The molecular formula is C7H4F3NO3. The van der Waals surface area contributed by atoms with Crippen molar-refractivity contribution in [1.82, 2.24) is 4.98 Å². The first kappa shape index (κ1) is 10.3. The van der Waals surface area contributed by atoms with Gasteiger partial charge in [-0.25, -0.2) is 13.6 Å². The summed E-state index contributed by atoms with van der Waals surface area (Å²) < 4.78 is 37.0. The predicted molar refractivity (Wildman–Crippen MR) is 38.9 cm³/mol. The predicted octanol–water partition coefficient (Wildman–Crippen LogP) is 1.15. The standard InChI is InChI=1S/C7H4F3NO3/c8-5(9)4-2(7(13)14)1-3(12)11-6(4)10/h1,5H,(H,11,12)(H,13,14). The van der Waals surface area contributed by atoms with Gasteiger partial charge in [0.15, 0.2) is 0 Å². The van der Waals surface area contributed by atoms with Crippen molar-refractivity contribution in [1.29, 1.82) is 0 Å². The molecule has 0 unspecified atom stereocenters. The van der Waals surface area contributed by atoms with Crippen molar-refractivity contribution < 1.29 is 23.1 Å². The average molecular weight is 207 g/mol. The number of aromatic nitrogens is 1. The third kappa shape index (κ3) is 1.76. The number of halogens is 3. The van der Waals surface area contributed by atoms with Gasteiger partial charge in [-0.3, -0.25) is 9.78 Å². The van der Waals surface area contributed by atoms with Gasteiger partial charge in [-0.15, -0.1) is 0 Å². The smallest absolute Gasteiger partial charge is 0.336 e. The lowest BCUT2D eigenvalue weighted by atomic mass is 10.1. The average Bonchev–Trinajstić information content (AvgIpc) is 2.01. The molecule has 1 rings (SSSR count). The van der Waals surface area contributed by atoms with Gasteiger partial charge in [-0.1, -0.05) is 0 Å². The molecule has 0 bridgehead atoms. The minimum atomic E-state index is -3.29. The summed E-state index contributed by atoms with van der Waals surface area (Å²) in [6, 6.07) is 0.410. The number of carboxylic acids is 1. The molecule has 0 saturated carbocycles. The SMILES string of the molecule is O=C(O)c1cc(=O)[nH]c(F)c1C(F)F. The maximum Gasteiger partial charge on any atom is 0.336 e. The lowest BCUT2D eigenvalue weighted by molar-refractivity contribution is 0.0681. The molecule has 0 saturated heterocycles. The summed E-state index contributed by atoms with van der Waals surface area (Å²) >= 11 is 0. The second kappa shape index (κ2) is 3.52. The quantitative estimate of drug-likeness (QED) is 0.714. The fraction of sp³-hybridized carbons (Fsp3) is 0.143. The molecule has 0 amide bonds. The van der Waals surface area contributed by atoms with Crippen LogP contribution >= 0.6 is 0 Å². The zero-order chi connectivity index (χ0) is 10.9. The van der Waals surface area contributed by atoms with E-state index in [-0.39, 0.29) is 0 Å². The Hall–Kier alpha value is -1.79. The first-order chi connectivity index (χ1) is 6.43. The molecule has 4 nitrogen and oxygen atoms in total. The number of H-pyrrole nitrogens is 1. The maximum atomic E-state index is 12.7. The van der Waals surface area contributed by atoms with Crippen LogP contribution in [0.25, 0.3) is 0 Å². The van der Waals surface area contributed by atoms with E-state index in [1.54, 1.807) is 0 Å². The lowest BCUT2D eigenvalue weighted by Crippen LogP contribution is -2.16. The van der Waals surface area contributed by atoms with Crippen LogP contribution in [0.3, 0.4) is 0 Å². The van der Waals surface area contributed by atoms with Crippen molar-refractivity contribution in [2.24, 2.45) is 0 Å². The van der Waals surface area contributed by atoms with E-state index >= 15 is 0 Å². The van der Waals surface area contributed by atoms with Gasteiger partial charge in [0, 0.05) is 6.07 Å². The van der Waals surface area contributed by atoms with Crippen LogP contribution in [-0.2, 0) is 0 Å². The molecule has 0 aromatic carbocycles. The molecule has 14 heavy (non-hydrogen) atoms. The van der Waals surface area contributed by atoms with Gasteiger partial charge < -0.3 is 5.11 Å². The van der Waals surface area contributed by atoms with Gasteiger partial charge in [0.05, 0.1) is 11.1 Å². The van der Waals surface area contributed by atoms with Crippen molar-refractivity contribution in [3.05, 3.63) is 33.5 Å². The van der Waals surface area contributed by atoms with Crippen LogP contribution in [0.5, 0.6) is 0 Å². The molecule has 76 valence electrons. The van der Waals surface area contributed by atoms with Gasteiger partial charge in [0.1, 0.15) is 0 Å². The van der Waals surface area contributed by atoms with Crippen LogP contribution < -0.4 is 5.56 Å². The maximum absolute atomic E-state index is 12.7. The summed E-state index contributed by atoms with van der Waals surface area (Å²) in [7, 11) is 0. The Kier molecular flexibility index (Phi) is 2.59. The van der Waals surface area contributed by atoms with Crippen LogP contribution in [0, 0.1) is 5.95 Å². The minimum Gasteiger partial charge on any atom is -0.478 e. The molecule has 0 radical (unpaired) electrons. The Balaban J connectivity index is 3.52. The summed E-state index contributed by atoms with van der Waals surface area (Å²) in [6.07, 6.45) is -3.29. The fourth-order valence-electron chi connectivity index (χ4n) is 0.929. The molecule has 1 aromatic rings. The number of aromatic amines is 1. The van der Waals surface area contributed by atoms with Crippen LogP contribution in [0.15, 0.2) is 10.9 Å². The molecule has 7 heteroatoms. The van der Waals surface area contributed by atoms with Crippen LogP contribution in [0.2, 0.25) is 0 Å². The largest absolute Gasteiger partial charge is 0.478 e. The van der Waals surface area contributed by atoms with Crippen LogP contribution in [-0.4, -0.2) is 16.1 Å². The molecule has 0 aliphatic heterocycles. The number of hydrogen-bond acceptors (Lipinski definition) is 2. The molecule has 2 N–H and O–H groups in total. The Morgan fingerprint density at radius 2 is 2.07 bits per heavy atom. The second-order valence-corrected chi connectivity index (χ2v) is 2.38. The van der Waals surface area contributed by atoms with Crippen LogP contribution in [0.1, 0.15) is 22.3 Å². The highest BCUT2D eigenvalue weighted by molar-refractivity contribution is 5.89. The number of nitrogens with one attached hydrogen (secondary N) is 1. The van der Waals surface area contributed by atoms with Gasteiger partial charge in [0.2, 0.25) is 5.95 Å². The van der Waals surface area contributed by atoms with Gasteiger partial charge >= 0.3 is 5.97 Å². The monoisotopic (exact) mass is 207 g/mol. The van der Waals surface area contributed by atoms with E-state index in [2.05, 4.69) is 0 Å². The van der Waals surface area contributed by atoms with E-state index in [0.717, 1.165) is 0 Å². The first-order valence-electron chi connectivity index (χ1n) is 3.37. The molecule has 0 atom stereocenters. The van der Waals surface area contributed by atoms with E-state index < -0.39 is 35.0 Å². The highest BCUT2D eigenvalue weighted by atomic mass is 19.3. The summed E-state index contributed by atoms with van der Waals surface area (Å²) in [5.74, 6) is -3.39. The van der Waals surface area contributed by atoms with Gasteiger partial charge in [-0.2, -0.15) is 4.39 Å². The second-order valence-electron chi connectivity index (χ2n) is 2.38. The van der Waals surface area contributed by atoms with Crippen molar-refractivity contribution in [2.45, 2.75) is 6.43 Å². The van der Waals surface area contributed by atoms with Crippen molar-refractivity contribution in [3.63, 3.8) is 0 Å². The molecule has 0 fully saturated rings. The number of rotatable bonds is 2. The Bertz CT molecular complexity index is 427. The number of alkyl halides is 2. The van der Waals surface area contributed by atoms with Gasteiger partial charge in [0.25, 0.3) is 12.0 Å². The lowest BCUT2D eigenvalue weighted by Gasteiger charge is -2.04. The summed E-state index contributed by atoms with van der Waals surface area (Å²) in [5.41, 5.74) is -3.41. The summed E-state index contributed by atoms with van der Waals surface area (Å²) in [6.45, 7) is 0. The minimum absolute atomic E-state index is 0.410. The van der Waals surface area contributed by atoms with Crippen LogP contribution in [0.4, 0.5) is 13.2 Å². The number of pyridine rings is 1. The highest BCUT2D eigenvalue weighted by Crippen LogP contribution is 2.23. The molecule has 1 aromatic heterocycles. The molecule has 0 aliphatic rings. The number of carboxylic acid groups (broad SMARTS) is 1. The van der Waals surface area contributed by atoms with E-state index in [4.69, 9.17) is 5.11 Å². The van der Waals surface area contributed by atoms with Crippen molar-refractivity contribution in [2.75, 3.05) is 0 Å². The topological polar surface area (TPSA) is 70.2 Å². The molecule has 0 aliphatic carbocycles. The van der Waals surface area contributed by atoms with Gasteiger partial charge in [-0.05, 0) is 0 Å². The highest BCUT2D eigenvalue weighted by Gasteiger charge is 2.23. The van der Waals surface area contributed by atoms with Crippen molar-refractivity contribution in [3.8, 4) is 0 Å². The molecule has 1 heterocycles. The Labute approximate surface area is 75.0 Å². The fourth-order valence-corrected chi connectivity index (χ4v) is 0.929. The van der Waals surface area contributed by atoms with E-state index in [9.17, 15) is 22.8 Å². The Morgan fingerprint density at radius 1 is 1.50 bits per heavy atom. The zero-order valence-corrected chi connectivity index (χ0v) is 6.55.